The van der Waals surface area contributed by atoms with E-state index in [1.807, 2.05) is 18.2 Å². The van der Waals surface area contributed by atoms with Gasteiger partial charge in [0.05, 0.1) is 20.5 Å². The van der Waals surface area contributed by atoms with E-state index >= 15 is 0 Å². The second-order valence-corrected chi connectivity index (χ2v) is 5.84. The van der Waals surface area contributed by atoms with E-state index in [9.17, 15) is 4.79 Å². The van der Waals surface area contributed by atoms with Crippen LogP contribution in [0.3, 0.4) is 0 Å². The standard InChI is InChI=1S/C15H6Cl4O2/c16-8-6-9-10(12(18)11(8)17)14(20)13(19)15(21-9)7-4-2-1-3-5-7/h1-6H. The fourth-order valence-electron chi connectivity index (χ4n) is 2.01. The lowest BCUT2D eigenvalue weighted by atomic mass is 10.1. The minimum atomic E-state index is -0.444. The summed E-state index contributed by atoms with van der Waals surface area (Å²) in [6, 6.07) is 10.5. The highest BCUT2D eigenvalue weighted by Crippen LogP contribution is 2.38. The van der Waals surface area contributed by atoms with Gasteiger partial charge in [0.25, 0.3) is 0 Å². The van der Waals surface area contributed by atoms with Crippen LogP contribution < -0.4 is 5.43 Å². The van der Waals surface area contributed by atoms with Gasteiger partial charge in [-0.05, 0) is 0 Å². The van der Waals surface area contributed by atoms with E-state index in [0.29, 0.717) is 5.56 Å². The van der Waals surface area contributed by atoms with E-state index in [-0.39, 0.29) is 36.8 Å². The summed E-state index contributed by atoms with van der Waals surface area (Å²) >= 11 is 24.1. The van der Waals surface area contributed by atoms with Gasteiger partial charge < -0.3 is 4.42 Å². The predicted molar refractivity (Wildman–Crippen MR) is 88.0 cm³/mol. The molecule has 0 N–H and O–H groups in total. The van der Waals surface area contributed by atoms with Crippen LogP contribution >= 0.6 is 46.4 Å². The van der Waals surface area contributed by atoms with E-state index in [0.717, 1.165) is 0 Å². The highest BCUT2D eigenvalue weighted by molar-refractivity contribution is 6.50. The van der Waals surface area contributed by atoms with Crippen molar-refractivity contribution in [3.05, 3.63) is 66.7 Å². The van der Waals surface area contributed by atoms with Crippen LogP contribution in [0.1, 0.15) is 0 Å². The fourth-order valence-corrected chi connectivity index (χ4v) is 2.92. The van der Waals surface area contributed by atoms with Gasteiger partial charge in [0.15, 0.2) is 5.76 Å². The van der Waals surface area contributed by atoms with Crippen molar-refractivity contribution in [2.45, 2.75) is 0 Å². The third-order valence-corrected chi connectivity index (χ3v) is 4.61. The smallest absolute Gasteiger partial charge is 0.213 e. The van der Waals surface area contributed by atoms with Gasteiger partial charge in [-0.2, -0.15) is 0 Å². The summed E-state index contributed by atoms with van der Waals surface area (Å²) in [4.78, 5) is 12.4. The average molecular weight is 360 g/mol. The molecule has 3 rings (SSSR count). The molecule has 0 aliphatic carbocycles. The number of halogens is 4. The molecule has 106 valence electrons. The molecule has 0 saturated carbocycles. The second-order valence-electron chi connectivity index (χ2n) is 4.30. The summed E-state index contributed by atoms with van der Waals surface area (Å²) in [5.74, 6) is 0.268. The van der Waals surface area contributed by atoms with Gasteiger partial charge in [0.2, 0.25) is 5.43 Å². The van der Waals surface area contributed by atoms with Gasteiger partial charge in [-0.25, -0.2) is 0 Å². The maximum atomic E-state index is 12.4. The number of fused-ring (bicyclic) bond motifs is 1. The highest BCUT2D eigenvalue weighted by Gasteiger charge is 2.19. The van der Waals surface area contributed by atoms with Crippen molar-refractivity contribution in [3.63, 3.8) is 0 Å². The molecular weight excluding hydrogens is 354 g/mol. The van der Waals surface area contributed by atoms with E-state index in [1.54, 1.807) is 12.1 Å². The molecular formula is C15H6Cl4O2. The van der Waals surface area contributed by atoms with Crippen LogP contribution in [0.2, 0.25) is 20.1 Å². The molecule has 0 amide bonds. The Morgan fingerprint density at radius 2 is 1.52 bits per heavy atom. The minimum absolute atomic E-state index is 0.0365. The lowest BCUT2D eigenvalue weighted by molar-refractivity contribution is 0.619. The molecule has 0 radical (unpaired) electrons. The number of hydrogen-bond acceptors (Lipinski definition) is 2. The lowest BCUT2D eigenvalue weighted by Gasteiger charge is -2.08. The molecule has 1 heterocycles. The number of rotatable bonds is 1. The molecule has 0 saturated heterocycles. The Morgan fingerprint density at radius 1 is 0.857 bits per heavy atom. The number of benzene rings is 2. The SMILES string of the molecule is O=c1c(Cl)c(-c2ccccc2)oc2cc(Cl)c(Cl)c(Cl)c12. The molecule has 21 heavy (non-hydrogen) atoms. The molecule has 2 nitrogen and oxygen atoms in total. The van der Waals surface area contributed by atoms with E-state index in [4.69, 9.17) is 50.8 Å². The summed E-state index contributed by atoms with van der Waals surface area (Å²) in [6.45, 7) is 0. The van der Waals surface area contributed by atoms with Gasteiger partial charge in [-0.15, -0.1) is 0 Å². The second kappa shape index (κ2) is 5.54. The first kappa shape index (κ1) is 14.7. The lowest BCUT2D eigenvalue weighted by Crippen LogP contribution is -2.05. The quantitative estimate of drug-likeness (QED) is 0.493. The van der Waals surface area contributed by atoms with Crippen LogP contribution in [0.5, 0.6) is 0 Å². The zero-order valence-corrected chi connectivity index (χ0v) is 13.3. The molecule has 0 aliphatic heterocycles. The van der Waals surface area contributed by atoms with Gasteiger partial charge in [-0.3, -0.25) is 4.79 Å². The summed E-state index contributed by atoms with van der Waals surface area (Å²) in [5, 5.41) is 0.416. The van der Waals surface area contributed by atoms with Crippen molar-refractivity contribution >= 4 is 57.4 Å². The molecule has 0 fully saturated rings. The minimum Gasteiger partial charge on any atom is -0.454 e. The molecule has 0 unspecified atom stereocenters. The monoisotopic (exact) mass is 358 g/mol. The van der Waals surface area contributed by atoms with Crippen molar-refractivity contribution in [2.24, 2.45) is 0 Å². The Labute approximate surface area is 139 Å². The van der Waals surface area contributed by atoms with Crippen molar-refractivity contribution in [3.8, 4) is 11.3 Å². The van der Waals surface area contributed by atoms with Gasteiger partial charge in [0.1, 0.15) is 10.6 Å². The van der Waals surface area contributed by atoms with E-state index in [1.165, 1.54) is 6.07 Å². The van der Waals surface area contributed by atoms with E-state index < -0.39 is 5.43 Å². The molecule has 0 atom stereocenters. The molecule has 6 heteroatoms. The van der Waals surface area contributed by atoms with Crippen molar-refractivity contribution in [1.82, 2.24) is 0 Å². The van der Waals surface area contributed by atoms with E-state index in [2.05, 4.69) is 0 Å². The Morgan fingerprint density at radius 3 is 2.19 bits per heavy atom. The highest BCUT2D eigenvalue weighted by atomic mass is 35.5. The first-order valence-corrected chi connectivity index (χ1v) is 7.37. The van der Waals surface area contributed by atoms with Gasteiger partial charge in [-0.1, -0.05) is 76.7 Å². The van der Waals surface area contributed by atoms with Crippen molar-refractivity contribution in [2.75, 3.05) is 0 Å². The van der Waals surface area contributed by atoms with Crippen LogP contribution in [0, 0.1) is 0 Å². The zero-order chi connectivity index (χ0) is 15.1. The molecule has 0 aliphatic rings. The Balaban J connectivity index is 2.44. The molecule has 0 spiro atoms. The third kappa shape index (κ3) is 2.43. The van der Waals surface area contributed by atoms with Crippen LogP contribution in [0.15, 0.2) is 45.6 Å². The summed E-state index contributed by atoms with van der Waals surface area (Å²) < 4.78 is 5.72. The number of hydrogen-bond donors (Lipinski definition) is 0. The van der Waals surface area contributed by atoms with Crippen LogP contribution in [-0.2, 0) is 0 Å². The van der Waals surface area contributed by atoms with Gasteiger partial charge >= 0.3 is 0 Å². The van der Waals surface area contributed by atoms with Crippen molar-refractivity contribution < 1.29 is 4.42 Å². The normalized spacial score (nSPS) is 11.0. The zero-order valence-electron chi connectivity index (χ0n) is 10.3. The topological polar surface area (TPSA) is 30.2 Å². The molecule has 0 bridgehead atoms. The Hall–Kier alpha value is -1.19. The predicted octanol–water partition coefficient (Wildman–Crippen LogP) is 6.07. The maximum Gasteiger partial charge on any atom is 0.213 e. The van der Waals surface area contributed by atoms with Crippen LogP contribution in [-0.4, -0.2) is 0 Å². The third-order valence-electron chi connectivity index (χ3n) is 3.00. The molecule has 2 aromatic carbocycles. The van der Waals surface area contributed by atoms with Gasteiger partial charge in [0, 0.05) is 11.6 Å². The van der Waals surface area contributed by atoms with Crippen molar-refractivity contribution in [1.29, 1.82) is 0 Å². The van der Waals surface area contributed by atoms with Crippen LogP contribution in [0.4, 0.5) is 0 Å². The fraction of sp³-hybridized carbons (Fsp3) is 0. The first-order valence-electron chi connectivity index (χ1n) is 5.86. The summed E-state index contributed by atoms with van der Waals surface area (Å²) in [5.41, 5.74) is 0.478. The largest absolute Gasteiger partial charge is 0.454 e. The molecule has 3 aromatic rings. The average Bonchev–Trinajstić information content (AvgIpc) is 2.49. The Bertz CT molecular complexity index is 901. The van der Waals surface area contributed by atoms with Crippen LogP contribution in [0.25, 0.3) is 22.3 Å². The summed E-state index contributed by atoms with van der Waals surface area (Å²) in [6.07, 6.45) is 0. The maximum absolute atomic E-state index is 12.4. The molecule has 1 aromatic heterocycles. The summed E-state index contributed by atoms with van der Waals surface area (Å²) in [7, 11) is 0. The Kier molecular flexibility index (Phi) is 3.89. The first-order chi connectivity index (χ1) is 10.0.